The minimum absolute atomic E-state index is 0.0169. The van der Waals surface area contributed by atoms with Crippen LogP contribution in [0.3, 0.4) is 0 Å². The number of methoxy groups -OCH3 is 2. The Kier molecular flexibility index (Phi) is 6.19. The number of carbonyl (C=O) groups is 2. The number of ether oxygens (including phenoxy) is 2. The average molecular weight is 397 g/mol. The van der Waals surface area contributed by atoms with Crippen LogP contribution in [0.15, 0.2) is 54.1 Å². The minimum atomic E-state index is -0.755. The van der Waals surface area contributed by atoms with Gasteiger partial charge in [-0.15, -0.1) is 0 Å². The monoisotopic (exact) mass is 397 g/mol. The van der Waals surface area contributed by atoms with E-state index >= 15 is 0 Å². The Morgan fingerprint density at radius 3 is 2.28 bits per heavy atom. The molecule has 2 N–H and O–H groups in total. The summed E-state index contributed by atoms with van der Waals surface area (Å²) in [5.41, 5.74) is 1.04. The van der Waals surface area contributed by atoms with E-state index in [1.807, 2.05) is 0 Å². The number of benzene rings is 2. The highest BCUT2D eigenvalue weighted by Gasteiger charge is 2.45. The third kappa shape index (κ3) is 4.09. The maximum Gasteiger partial charge on any atom is 0.295 e. The molecule has 2 aromatic carbocycles. The normalized spacial score (nSPS) is 18.3. The van der Waals surface area contributed by atoms with Gasteiger partial charge in [0.05, 0.1) is 18.7 Å². The molecule has 2 aromatic rings. The molecule has 1 atom stereocenters. The second-order valence-corrected chi connectivity index (χ2v) is 6.66. The first kappa shape index (κ1) is 20.4. The largest absolute Gasteiger partial charge is 0.508 e. The molecule has 7 heteroatoms. The Labute approximate surface area is 168 Å². The molecule has 0 bridgehead atoms. The smallest absolute Gasteiger partial charge is 0.295 e. The summed E-state index contributed by atoms with van der Waals surface area (Å²) in [6.07, 6.45) is 0.542. The molecule has 1 heterocycles. The molecule has 0 spiro atoms. The maximum atomic E-state index is 12.8. The van der Waals surface area contributed by atoms with Crippen molar-refractivity contribution in [1.29, 1.82) is 0 Å². The number of carbonyl (C=O) groups excluding carboxylic acids is 2. The van der Waals surface area contributed by atoms with Gasteiger partial charge in [-0.25, -0.2) is 0 Å². The van der Waals surface area contributed by atoms with Gasteiger partial charge in [-0.2, -0.15) is 0 Å². The number of aliphatic hydroxyl groups is 1. The predicted molar refractivity (Wildman–Crippen MR) is 107 cm³/mol. The van der Waals surface area contributed by atoms with Crippen LogP contribution in [0.25, 0.3) is 5.76 Å². The second-order valence-electron chi connectivity index (χ2n) is 6.66. The van der Waals surface area contributed by atoms with Gasteiger partial charge in [0.15, 0.2) is 0 Å². The zero-order valence-corrected chi connectivity index (χ0v) is 16.3. The van der Waals surface area contributed by atoms with Crippen LogP contribution < -0.4 is 4.74 Å². The number of Topliss-reactive ketones (excluding diaryl/α,β-unsaturated/α-hetero) is 1. The fourth-order valence-corrected chi connectivity index (χ4v) is 3.40. The number of likely N-dealkylation sites (tertiary alicyclic amines) is 1. The van der Waals surface area contributed by atoms with Crippen molar-refractivity contribution in [1.82, 2.24) is 4.90 Å². The zero-order valence-electron chi connectivity index (χ0n) is 16.3. The van der Waals surface area contributed by atoms with Crippen LogP contribution in [-0.4, -0.2) is 54.2 Å². The lowest BCUT2D eigenvalue weighted by Gasteiger charge is -2.25. The number of aromatic hydroxyl groups is 1. The van der Waals surface area contributed by atoms with Crippen LogP contribution in [0.1, 0.15) is 23.6 Å². The predicted octanol–water partition coefficient (Wildman–Crippen LogP) is 2.86. The number of amides is 1. The van der Waals surface area contributed by atoms with E-state index < -0.39 is 17.7 Å². The molecular formula is C22H23NO6. The lowest BCUT2D eigenvalue weighted by molar-refractivity contribution is -0.140. The van der Waals surface area contributed by atoms with Crippen LogP contribution in [0.5, 0.6) is 11.5 Å². The van der Waals surface area contributed by atoms with Gasteiger partial charge in [-0.1, -0.05) is 12.1 Å². The Bertz CT molecular complexity index is 917. The summed E-state index contributed by atoms with van der Waals surface area (Å²) in [6.45, 7) is 0.729. The molecule has 152 valence electrons. The Morgan fingerprint density at radius 2 is 1.69 bits per heavy atom. The first-order chi connectivity index (χ1) is 14.0. The quantitative estimate of drug-likeness (QED) is 0.323. The van der Waals surface area contributed by atoms with Crippen LogP contribution in [0.4, 0.5) is 0 Å². The van der Waals surface area contributed by atoms with Crippen LogP contribution in [0.2, 0.25) is 0 Å². The minimum Gasteiger partial charge on any atom is -0.508 e. The van der Waals surface area contributed by atoms with Crippen molar-refractivity contribution in [3.05, 3.63) is 65.2 Å². The molecule has 0 aromatic heterocycles. The summed E-state index contributed by atoms with van der Waals surface area (Å²) in [7, 11) is 3.10. The summed E-state index contributed by atoms with van der Waals surface area (Å²) in [4.78, 5) is 27.0. The van der Waals surface area contributed by atoms with Crippen LogP contribution in [0, 0.1) is 0 Å². The molecule has 0 unspecified atom stereocenters. The summed E-state index contributed by atoms with van der Waals surface area (Å²) >= 11 is 0. The van der Waals surface area contributed by atoms with E-state index in [-0.39, 0.29) is 17.1 Å². The van der Waals surface area contributed by atoms with E-state index in [4.69, 9.17) is 9.47 Å². The second kappa shape index (κ2) is 8.79. The number of ketones is 1. The van der Waals surface area contributed by atoms with E-state index in [1.165, 1.54) is 24.1 Å². The lowest BCUT2D eigenvalue weighted by Crippen LogP contribution is -2.31. The molecule has 1 saturated heterocycles. The number of nitrogens with zero attached hydrogens (tertiary/aromatic N) is 1. The number of phenolic OH excluding ortho intramolecular Hbond substituents is 1. The van der Waals surface area contributed by atoms with Gasteiger partial charge in [0, 0.05) is 25.8 Å². The van der Waals surface area contributed by atoms with Gasteiger partial charge in [-0.05, 0) is 48.4 Å². The molecule has 29 heavy (non-hydrogen) atoms. The summed E-state index contributed by atoms with van der Waals surface area (Å²) in [5.74, 6) is -0.988. The van der Waals surface area contributed by atoms with Crippen LogP contribution >= 0.6 is 0 Å². The van der Waals surface area contributed by atoms with Gasteiger partial charge in [0.1, 0.15) is 17.3 Å². The number of hydrogen-bond donors (Lipinski definition) is 2. The number of hydrogen-bond acceptors (Lipinski definition) is 6. The van der Waals surface area contributed by atoms with Crippen molar-refractivity contribution in [2.75, 3.05) is 27.4 Å². The summed E-state index contributed by atoms with van der Waals surface area (Å²) in [5, 5.41) is 20.5. The number of phenols is 1. The van der Waals surface area contributed by atoms with Gasteiger partial charge < -0.3 is 24.6 Å². The van der Waals surface area contributed by atoms with Crippen molar-refractivity contribution >= 4 is 17.4 Å². The van der Waals surface area contributed by atoms with Crippen LogP contribution in [-0.2, 0) is 14.3 Å². The maximum absolute atomic E-state index is 12.8. The first-order valence-electron chi connectivity index (χ1n) is 9.18. The molecule has 1 amide bonds. The fourth-order valence-electron chi connectivity index (χ4n) is 3.40. The van der Waals surface area contributed by atoms with Crippen molar-refractivity contribution in [3.8, 4) is 11.5 Å². The van der Waals surface area contributed by atoms with Gasteiger partial charge in [0.2, 0.25) is 0 Å². The molecule has 0 aliphatic carbocycles. The highest BCUT2D eigenvalue weighted by atomic mass is 16.5. The van der Waals surface area contributed by atoms with Crippen molar-refractivity contribution in [2.45, 2.75) is 12.5 Å². The van der Waals surface area contributed by atoms with Gasteiger partial charge in [0.25, 0.3) is 11.7 Å². The van der Waals surface area contributed by atoms with E-state index in [0.29, 0.717) is 36.4 Å². The Morgan fingerprint density at radius 1 is 1.03 bits per heavy atom. The van der Waals surface area contributed by atoms with Gasteiger partial charge >= 0.3 is 0 Å². The Balaban J connectivity index is 2.09. The average Bonchev–Trinajstić information content (AvgIpc) is 2.99. The van der Waals surface area contributed by atoms with Crippen molar-refractivity contribution in [2.24, 2.45) is 0 Å². The number of rotatable bonds is 7. The van der Waals surface area contributed by atoms with E-state index in [0.717, 1.165) is 0 Å². The summed E-state index contributed by atoms with van der Waals surface area (Å²) in [6, 6.07) is 12.1. The molecule has 3 rings (SSSR count). The molecule has 1 fully saturated rings. The highest BCUT2D eigenvalue weighted by molar-refractivity contribution is 6.46. The first-order valence-corrected chi connectivity index (χ1v) is 9.18. The molecule has 1 aliphatic heterocycles. The van der Waals surface area contributed by atoms with Crippen molar-refractivity contribution in [3.63, 3.8) is 0 Å². The molecule has 1 aliphatic rings. The molecule has 7 nitrogen and oxygen atoms in total. The number of aliphatic hydroxyl groups excluding tert-OH is 1. The zero-order chi connectivity index (χ0) is 21.0. The molecule has 0 saturated carbocycles. The SMILES string of the molecule is COCCCN1C(=O)C(=O)C(=C(O)c2ccc(OC)cc2)[C@H]1c1ccc(O)cc1. The van der Waals surface area contributed by atoms with E-state index in [9.17, 15) is 19.8 Å². The third-order valence-electron chi connectivity index (χ3n) is 4.86. The highest BCUT2D eigenvalue weighted by Crippen LogP contribution is 2.39. The topological polar surface area (TPSA) is 96.3 Å². The molecular weight excluding hydrogens is 374 g/mol. The summed E-state index contributed by atoms with van der Waals surface area (Å²) < 4.78 is 10.2. The van der Waals surface area contributed by atoms with E-state index in [1.54, 1.807) is 43.5 Å². The standard InChI is InChI=1S/C22H23NO6/c1-28-13-3-12-23-19(14-4-8-16(24)9-5-14)18(21(26)22(23)27)20(25)15-6-10-17(29-2)11-7-15/h4-11,19,24-25H,3,12-13H2,1-2H3/t19-/m1/s1. The Hall–Kier alpha value is -3.32. The van der Waals surface area contributed by atoms with Gasteiger partial charge in [-0.3, -0.25) is 9.59 Å². The third-order valence-corrected chi connectivity index (χ3v) is 4.86. The lowest BCUT2D eigenvalue weighted by atomic mass is 9.95. The van der Waals surface area contributed by atoms with Crippen molar-refractivity contribution < 1.29 is 29.3 Å². The fraction of sp³-hybridized carbons (Fsp3) is 0.273. The van der Waals surface area contributed by atoms with E-state index in [2.05, 4.69) is 0 Å². The molecule has 0 radical (unpaired) electrons.